The SMILES string of the molecule is CNC(c1cc(OC(F)(F)F)c(OC(F)(F)F)cc1OC(F)(F)F)C(C)C. The van der Waals surface area contributed by atoms with Crippen LogP contribution < -0.4 is 19.5 Å². The molecule has 0 radical (unpaired) electrons. The van der Waals surface area contributed by atoms with Gasteiger partial charge in [0.05, 0.1) is 0 Å². The summed E-state index contributed by atoms with van der Waals surface area (Å²) < 4.78 is 123. The predicted molar refractivity (Wildman–Crippen MR) is 73.1 cm³/mol. The van der Waals surface area contributed by atoms with Crippen LogP contribution in [0.15, 0.2) is 12.1 Å². The van der Waals surface area contributed by atoms with Crippen LogP contribution in [0.1, 0.15) is 25.5 Å². The van der Waals surface area contributed by atoms with Crippen LogP contribution >= 0.6 is 0 Å². The Morgan fingerprint density at radius 3 is 1.41 bits per heavy atom. The maximum Gasteiger partial charge on any atom is 0.573 e. The number of alkyl halides is 9. The fraction of sp³-hybridized carbons (Fsp3) is 0.571. The highest BCUT2D eigenvalue weighted by Crippen LogP contribution is 2.44. The van der Waals surface area contributed by atoms with Gasteiger partial charge in [-0.3, -0.25) is 0 Å². The number of rotatable bonds is 6. The van der Waals surface area contributed by atoms with E-state index in [4.69, 9.17) is 0 Å². The van der Waals surface area contributed by atoms with Gasteiger partial charge in [0.15, 0.2) is 11.5 Å². The van der Waals surface area contributed by atoms with Gasteiger partial charge in [-0.15, -0.1) is 39.5 Å². The molecule has 1 unspecified atom stereocenters. The number of benzene rings is 1. The van der Waals surface area contributed by atoms with E-state index < -0.39 is 53.9 Å². The Labute approximate surface area is 147 Å². The van der Waals surface area contributed by atoms with Gasteiger partial charge >= 0.3 is 19.1 Å². The van der Waals surface area contributed by atoms with E-state index in [-0.39, 0.29) is 6.07 Å². The molecule has 0 spiro atoms. The molecule has 27 heavy (non-hydrogen) atoms. The predicted octanol–water partition coefficient (Wildman–Crippen LogP) is 5.30. The number of nitrogens with one attached hydrogen (secondary N) is 1. The quantitative estimate of drug-likeness (QED) is 0.641. The summed E-state index contributed by atoms with van der Waals surface area (Å²) in [5.41, 5.74) is -0.501. The highest BCUT2D eigenvalue weighted by Gasteiger charge is 2.39. The van der Waals surface area contributed by atoms with Crippen molar-refractivity contribution in [3.05, 3.63) is 17.7 Å². The van der Waals surface area contributed by atoms with Gasteiger partial charge in [-0.05, 0) is 19.0 Å². The van der Waals surface area contributed by atoms with E-state index in [1.54, 1.807) is 0 Å². The van der Waals surface area contributed by atoms with E-state index in [9.17, 15) is 39.5 Å². The second-order valence-electron chi connectivity index (χ2n) is 5.49. The molecule has 0 bridgehead atoms. The molecule has 0 saturated carbocycles. The first-order chi connectivity index (χ1) is 12.0. The molecule has 0 amide bonds. The van der Waals surface area contributed by atoms with Crippen molar-refractivity contribution in [3.8, 4) is 17.2 Å². The molecular formula is C14H14F9NO3. The van der Waals surface area contributed by atoms with Crippen molar-refractivity contribution in [3.63, 3.8) is 0 Å². The molecule has 0 aromatic heterocycles. The van der Waals surface area contributed by atoms with Crippen LogP contribution in [0.2, 0.25) is 0 Å². The van der Waals surface area contributed by atoms with Crippen molar-refractivity contribution in [1.82, 2.24) is 5.32 Å². The Kier molecular flexibility index (Phi) is 6.73. The maximum absolute atomic E-state index is 12.6. The molecule has 13 heteroatoms. The Morgan fingerprint density at radius 2 is 1.07 bits per heavy atom. The second kappa shape index (κ2) is 7.90. The Hall–Kier alpha value is -2.05. The Balaban J connectivity index is 3.64. The van der Waals surface area contributed by atoms with Crippen molar-refractivity contribution in [2.45, 2.75) is 39.0 Å². The highest BCUT2D eigenvalue weighted by molar-refractivity contribution is 5.52. The molecule has 1 aromatic rings. The molecule has 0 aliphatic heterocycles. The van der Waals surface area contributed by atoms with Gasteiger partial charge in [0, 0.05) is 17.7 Å². The van der Waals surface area contributed by atoms with Gasteiger partial charge in [-0.25, -0.2) is 0 Å². The minimum atomic E-state index is -5.48. The fourth-order valence-corrected chi connectivity index (χ4v) is 2.27. The molecule has 156 valence electrons. The molecule has 4 nitrogen and oxygen atoms in total. The minimum Gasteiger partial charge on any atom is -0.405 e. The van der Waals surface area contributed by atoms with Gasteiger partial charge in [0.25, 0.3) is 0 Å². The third-order valence-corrected chi connectivity index (χ3v) is 3.07. The maximum atomic E-state index is 12.6. The van der Waals surface area contributed by atoms with Crippen molar-refractivity contribution in [2.75, 3.05) is 7.05 Å². The molecule has 0 heterocycles. The smallest absolute Gasteiger partial charge is 0.405 e. The van der Waals surface area contributed by atoms with Crippen LogP contribution in [0.25, 0.3) is 0 Å². The van der Waals surface area contributed by atoms with E-state index in [1.165, 1.54) is 20.9 Å². The van der Waals surface area contributed by atoms with Crippen LogP contribution in [0.3, 0.4) is 0 Å². The van der Waals surface area contributed by atoms with E-state index in [0.29, 0.717) is 6.07 Å². The van der Waals surface area contributed by atoms with Crippen molar-refractivity contribution in [1.29, 1.82) is 0 Å². The van der Waals surface area contributed by atoms with E-state index in [0.717, 1.165) is 0 Å². The third-order valence-electron chi connectivity index (χ3n) is 3.07. The van der Waals surface area contributed by atoms with Crippen molar-refractivity contribution >= 4 is 0 Å². The molecule has 1 N–H and O–H groups in total. The van der Waals surface area contributed by atoms with Gasteiger partial charge in [-0.1, -0.05) is 13.8 Å². The average Bonchev–Trinajstić information content (AvgIpc) is 2.38. The standard InChI is InChI=1S/C14H14F9NO3/c1-6(2)11(24-3)7-4-9(26-13(18,19)20)10(27-14(21,22)23)5-8(7)25-12(15,16)17/h4-6,11,24H,1-3H3. The Bertz CT molecular complexity index is 638. The first-order valence-corrected chi connectivity index (χ1v) is 7.15. The van der Waals surface area contributed by atoms with E-state index in [1.807, 2.05) is 0 Å². The first-order valence-electron chi connectivity index (χ1n) is 7.15. The average molecular weight is 415 g/mol. The Morgan fingerprint density at radius 1 is 0.704 bits per heavy atom. The van der Waals surface area contributed by atoms with Crippen LogP contribution in [0.5, 0.6) is 17.2 Å². The highest BCUT2D eigenvalue weighted by atomic mass is 19.4. The van der Waals surface area contributed by atoms with Gasteiger partial charge in [0.2, 0.25) is 0 Å². The van der Waals surface area contributed by atoms with Crippen molar-refractivity contribution < 1.29 is 53.7 Å². The number of hydrogen-bond donors (Lipinski definition) is 1. The van der Waals surface area contributed by atoms with Crippen LogP contribution in [0, 0.1) is 5.92 Å². The second-order valence-corrected chi connectivity index (χ2v) is 5.49. The zero-order chi connectivity index (χ0) is 21.2. The molecule has 0 fully saturated rings. The summed E-state index contributed by atoms with van der Waals surface area (Å²) in [7, 11) is 1.30. The fourth-order valence-electron chi connectivity index (χ4n) is 2.27. The van der Waals surface area contributed by atoms with Gasteiger partial charge < -0.3 is 19.5 Å². The molecule has 1 rings (SSSR count). The van der Waals surface area contributed by atoms with E-state index >= 15 is 0 Å². The number of halogens is 9. The van der Waals surface area contributed by atoms with Gasteiger partial charge in [-0.2, -0.15) is 0 Å². The lowest BCUT2D eigenvalue weighted by molar-refractivity contribution is -0.288. The molecule has 0 aliphatic rings. The lowest BCUT2D eigenvalue weighted by Crippen LogP contribution is -2.26. The molecule has 1 aromatic carbocycles. The number of hydrogen-bond acceptors (Lipinski definition) is 4. The first kappa shape index (κ1) is 23.0. The lowest BCUT2D eigenvalue weighted by Gasteiger charge is -2.26. The number of ether oxygens (including phenoxy) is 3. The lowest BCUT2D eigenvalue weighted by atomic mass is 9.95. The summed E-state index contributed by atoms with van der Waals surface area (Å²) in [6, 6.07) is -0.598. The minimum absolute atomic E-state index is 0.0457. The van der Waals surface area contributed by atoms with Crippen molar-refractivity contribution in [2.24, 2.45) is 5.92 Å². The summed E-state index contributed by atoms with van der Waals surface area (Å²) in [5, 5.41) is 2.55. The topological polar surface area (TPSA) is 39.7 Å². The van der Waals surface area contributed by atoms with Gasteiger partial charge in [0.1, 0.15) is 5.75 Å². The van der Waals surface area contributed by atoms with Crippen LogP contribution in [-0.2, 0) is 0 Å². The normalized spacial score (nSPS) is 14.3. The molecular weight excluding hydrogens is 401 g/mol. The monoisotopic (exact) mass is 415 g/mol. The molecule has 0 aliphatic carbocycles. The van der Waals surface area contributed by atoms with Crippen LogP contribution in [0.4, 0.5) is 39.5 Å². The third kappa shape index (κ3) is 7.61. The summed E-state index contributed by atoms with van der Waals surface area (Å²) in [4.78, 5) is 0. The summed E-state index contributed by atoms with van der Waals surface area (Å²) in [6.45, 7) is 3.03. The summed E-state index contributed by atoms with van der Waals surface area (Å²) in [5.74, 6) is -4.74. The zero-order valence-electron chi connectivity index (χ0n) is 13.9. The van der Waals surface area contributed by atoms with Crippen LogP contribution in [-0.4, -0.2) is 26.1 Å². The summed E-state index contributed by atoms with van der Waals surface area (Å²) >= 11 is 0. The summed E-state index contributed by atoms with van der Waals surface area (Å²) in [6.07, 6.45) is -16.2. The largest absolute Gasteiger partial charge is 0.573 e. The molecule has 1 atom stereocenters. The zero-order valence-corrected chi connectivity index (χ0v) is 13.9. The van der Waals surface area contributed by atoms with E-state index in [2.05, 4.69) is 19.5 Å². The molecule has 0 saturated heterocycles.